The summed E-state index contributed by atoms with van der Waals surface area (Å²) in [6, 6.07) is -0.210. The smallest absolute Gasteiger partial charge is 0.221 e. The Morgan fingerprint density at radius 2 is 2.17 bits per heavy atom. The minimum absolute atomic E-state index is 0.154. The molecule has 0 aromatic rings. The van der Waals surface area contributed by atoms with E-state index in [1.807, 2.05) is 0 Å². The molecule has 3 N–H and O–H groups in total. The predicted octanol–water partition coefficient (Wildman–Crippen LogP) is -0.00460. The van der Waals surface area contributed by atoms with Gasteiger partial charge in [-0.2, -0.15) is 0 Å². The lowest BCUT2D eigenvalue weighted by Crippen LogP contribution is -2.35. The zero-order chi connectivity index (χ0) is 9.56. The molecule has 0 radical (unpaired) electrons. The summed E-state index contributed by atoms with van der Waals surface area (Å²) < 4.78 is 0. The quantitative estimate of drug-likeness (QED) is 0.602. The van der Waals surface area contributed by atoms with Crippen LogP contribution in [0.3, 0.4) is 0 Å². The second-order valence-electron chi connectivity index (χ2n) is 2.58. The molecule has 70 valence electrons. The Hall–Kier alpha value is -0.770. The van der Waals surface area contributed by atoms with Gasteiger partial charge in [-0.05, 0) is 6.92 Å². The van der Waals surface area contributed by atoms with Crippen molar-refractivity contribution in [2.45, 2.75) is 25.8 Å². The molecule has 0 aliphatic heterocycles. The third kappa shape index (κ3) is 5.97. The van der Waals surface area contributed by atoms with Gasteiger partial charge in [0.1, 0.15) is 0 Å². The molecule has 4 nitrogen and oxygen atoms in total. The number of hydrogen-bond acceptors (Lipinski definition) is 2. The van der Waals surface area contributed by atoms with Crippen molar-refractivity contribution in [3.05, 3.63) is 0 Å². The van der Waals surface area contributed by atoms with Crippen molar-refractivity contribution in [2.75, 3.05) is 5.88 Å². The Kier molecular flexibility index (Phi) is 5.45. The van der Waals surface area contributed by atoms with E-state index in [1.54, 1.807) is 6.92 Å². The Labute approximate surface area is 76.4 Å². The van der Waals surface area contributed by atoms with E-state index in [0.29, 0.717) is 0 Å². The van der Waals surface area contributed by atoms with Crippen LogP contribution in [-0.4, -0.2) is 23.7 Å². The van der Waals surface area contributed by atoms with Gasteiger partial charge in [0.05, 0.1) is 0 Å². The highest BCUT2D eigenvalue weighted by Gasteiger charge is 2.08. The number of nitrogens with two attached hydrogens (primary N) is 1. The molecule has 0 aromatic carbocycles. The van der Waals surface area contributed by atoms with E-state index in [9.17, 15) is 9.59 Å². The van der Waals surface area contributed by atoms with Crippen molar-refractivity contribution in [1.82, 2.24) is 5.32 Å². The molecular weight excluding hydrogens is 180 g/mol. The molecule has 0 heterocycles. The average Bonchev–Trinajstić information content (AvgIpc) is 1.84. The van der Waals surface area contributed by atoms with Crippen LogP contribution < -0.4 is 11.1 Å². The average molecular weight is 193 g/mol. The summed E-state index contributed by atoms with van der Waals surface area (Å²) >= 11 is 5.33. The highest BCUT2D eigenvalue weighted by molar-refractivity contribution is 6.18. The Balaban J connectivity index is 3.61. The SMILES string of the molecule is CC(CC(N)=O)NC(=O)CCCl. The van der Waals surface area contributed by atoms with E-state index < -0.39 is 5.91 Å². The molecular formula is C7H13ClN2O2. The first-order valence-electron chi connectivity index (χ1n) is 3.70. The van der Waals surface area contributed by atoms with Gasteiger partial charge in [-0.3, -0.25) is 9.59 Å². The molecule has 1 unspecified atom stereocenters. The first-order chi connectivity index (χ1) is 5.56. The second kappa shape index (κ2) is 5.83. The lowest BCUT2D eigenvalue weighted by atomic mass is 10.2. The molecule has 0 aliphatic carbocycles. The number of amides is 2. The summed E-state index contributed by atoms with van der Waals surface area (Å²) in [6.45, 7) is 1.72. The lowest BCUT2D eigenvalue weighted by molar-refractivity contribution is -0.122. The molecule has 2 amide bonds. The summed E-state index contributed by atoms with van der Waals surface area (Å²) in [5.41, 5.74) is 4.93. The van der Waals surface area contributed by atoms with E-state index in [0.717, 1.165) is 0 Å². The monoisotopic (exact) mass is 192 g/mol. The van der Waals surface area contributed by atoms with E-state index in [2.05, 4.69) is 5.32 Å². The van der Waals surface area contributed by atoms with Crippen LogP contribution in [0.1, 0.15) is 19.8 Å². The fourth-order valence-electron chi connectivity index (χ4n) is 0.786. The highest BCUT2D eigenvalue weighted by Crippen LogP contribution is 1.91. The van der Waals surface area contributed by atoms with E-state index in [1.165, 1.54) is 0 Å². The Morgan fingerprint density at radius 3 is 2.58 bits per heavy atom. The number of nitrogens with one attached hydrogen (secondary N) is 1. The Morgan fingerprint density at radius 1 is 1.58 bits per heavy atom. The van der Waals surface area contributed by atoms with Crippen molar-refractivity contribution >= 4 is 23.4 Å². The maximum Gasteiger partial charge on any atom is 0.221 e. The molecule has 0 aromatic heterocycles. The van der Waals surface area contributed by atoms with Crippen LogP contribution in [0.5, 0.6) is 0 Å². The summed E-state index contributed by atoms with van der Waals surface area (Å²) in [6.07, 6.45) is 0.429. The van der Waals surface area contributed by atoms with E-state index in [-0.39, 0.29) is 30.7 Å². The summed E-state index contributed by atoms with van der Waals surface area (Å²) in [4.78, 5) is 21.3. The fraction of sp³-hybridized carbons (Fsp3) is 0.714. The molecule has 0 aliphatic rings. The van der Waals surface area contributed by atoms with Crippen LogP contribution in [0.2, 0.25) is 0 Å². The van der Waals surface area contributed by atoms with Crippen LogP contribution in [0.25, 0.3) is 0 Å². The first kappa shape index (κ1) is 11.2. The summed E-state index contributed by atoms with van der Waals surface area (Å²) in [7, 11) is 0. The standard InChI is InChI=1S/C7H13ClN2O2/c1-5(4-6(9)11)10-7(12)2-3-8/h5H,2-4H2,1H3,(H2,9,11)(H,10,12). The fourth-order valence-corrected chi connectivity index (χ4v) is 0.957. The topological polar surface area (TPSA) is 72.2 Å². The van der Waals surface area contributed by atoms with Crippen molar-refractivity contribution in [3.63, 3.8) is 0 Å². The van der Waals surface area contributed by atoms with Crippen LogP contribution in [0.15, 0.2) is 0 Å². The van der Waals surface area contributed by atoms with Crippen LogP contribution in [0, 0.1) is 0 Å². The van der Waals surface area contributed by atoms with Gasteiger partial charge in [-0.25, -0.2) is 0 Å². The molecule has 0 rings (SSSR count). The first-order valence-corrected chi connectivity index (χ1v) is 4.23. The van der Waals surface area contributed by atoms with Gasteiger partial charge in [-0.1, -0.05) is 0 Å². The summed E-state index contributed by atoms with van der Waals surface area (Å²) in [5, 5.41) is 2.59. The van der Waals surface area contributed by atoms with Crippen molar-refractivity contribution in [2.24, 2.45) is 5.73 Å². The van der Waals surface area contributed by atoms with Crippen LogP contribution in [0.4, 0.5) is 0 Å². The van der Waals surface area contributed by atoms with Crippen LogP contribution >= 0.6 is 11.6 Å². The minimum atomic E-state index is -0.423. The van der Waals surface area contributed by atoms with Gasteiger partial charge < -0.3 is 11.1 Å². The number of carbonyl (C=O) groups is 2. The summed E-state index contributed by atoms with van der Waals surface area (Å²) in [5.74, 6) is -0.290. The Bertz CT molecular complexity index is 173. The molecule has 1 atom stereocenters. The molecule has 0 saturated heterocycles. The predicted molar refractivity (Wildman–Crippen MR) is 46.8 cm³/mol. The maximum atomic E-state index is 10.9. The molecule has 0 saturated carbocycles. The van der Waals surface area contributed by atoms with Gasteiger partial charge in [0.25, 0.3) is 0 Å². The zero-order valence-electron chi connectivity index (χ0n) is 6.97. The molecule has 0 bridgehead atoms. The van der Waals surface area contributed by atoms with Gasteiger partial charge in [0.2, 0.25) is 11.8 Å². The van der Waals surface area contributed by atoms with Gasteiger partial charge in [0.15, 0.2) is 0 Å². The molecule has 0 fully saturated rings. The number of carbonyl (C=O) groups excluding carboxylic acids is 2. The number of rotatable bonds is 5. The van der Waals surface area contributed by atoms with Gasteiger partial charge >= 0.3 is 0 Å². The van der Waals surface area contributed by atoms with Gasteiger partial charge in [0, 0.05) is 24.8 Å². The maximum absolute atomic E-state index is 10.9. The largest absolute Gasteiger partial charge is 0.370 e. The van der Waals surface area contributed by atoms with Crippen LogP contribution in [-0.2, 0) is 9.59 Å². The highest BCUT2D eigenvalue weighted by atomic mass is 35.5. The normalized spacial score (nSPS) is 12.2. The van der Waals surface area contributed by atoms with Crippen molar-refractivity contribution in [3.8, 4) is 0 Å². The third-order valence-electron chi connectivity index (χ3n) is 1.24. The second-order valence-corrected chi connectivity index (χ2v) is 2.96. The number of alkyl halides is 1. The van der Waals surface area contributed by atoms with E-state index in [4.69, 9.17) is 17.3 Å². The molecule has 0 spiro atoms. The van der Waals surface area contributed by atoms with E-state index >= 15 is 0 Å². The zero-order valence-corrected chi connectivity index (χ0v) is 7.73. The molecule has 5 heteroatoms. The number of primary amides is 1. The van der Waals surface area contributed by atoms with Crippen molar-refractivity contribution in [1.29, 1.82) is 0 Å². The number of hydrogen-bond donors (Lipinski definition) is 2. The lowest BCUT2D eigenvalue weighted by Gasteiger charge is -2.10. The number of halogens is 1. The van der Waals surface area contributed by atoms with Gasteiger partial charge in [-0.15, -0.1) is 11.6 Å². The third-order valence-corrected chi connectivity index (χ3v) is 1.43. The van der Waals surface area contributed by atoms with Crippen molar-refractivity contribution < 1.29 is 9.59 Å². The molecule has 12 heavy (non-hydrogen) atoms. The minimum Gasteiger partial charge on any atom is -0.370 e.